The third-order valence-electron chi connectivity index (χ3n) is 7.21. The molecular formula is C25H26N2O5. The van der Waals surface area contributed by atoms with Crippen LogP contribution < -0.4 is 5.32 Å². The fraction of sp³-hybridized carbons (Fsp3) is 0.400. The lowest BCUT2D eigenvalue weighted by Gasteiger charge is -2.42. The molecule has 2 saturated heterocycles. The summed E-state index contributed by atoms with van der Waals surface area (Å²) in [5.74, 6) is -1.43. The van der Waals surface area contributed by atoms with Gasteiger partial charge in [-0.25, -0.2) is 9.59 Å². The summed E-state index contributed by atoms with van der Waals surface area (Å²) in [5, 5.41) is 12.3. The van der Waals surface area contributed by atoms with E-state index in [9.17, 15) is 19.5 Å². The van der Waals surface area contributed by atoms with E-state index in [-0.39, 0.29) is 23.8 Å². The molecule has 2 bridgehead atoms. The van der Waals surface area contributed by atoms with Crippen molar-refractivity contribution in [3.63, 3.8) is 0 Å². The van der Waals surface area contributed by atoms with Gasteiger partial charge in [0.2, 0.25) is 5.91 Å². The van der Waals surface area contributed by atoms with Gasteiger partial charge < -0.3 is 20.1 Å². The second-order valence-corrected chi connectivity index (χ2v) is 9.62. The topological polar surface area (TPSA) is 95.9 Å². The third kappa shape index (κ3) is 2.98. The molecule has 32 heavy (non-hydrogen) atoms. The summed E-state index contributed by atoms with van der Waals surface area (Å²) in [6.45, 7) is 4.11. The molecule has 6 rings (SSSR count). The summed E-state index contributed by atoms with van der Waals surface area (Å²) < 4.78 is 5.52. The predicted molar refractivity (Wildman–Crippen MR) is 117 cm³/mol. The molecule has 3 fully saturated rings. The van der Waals surface area contributed by atoms with E-state index in [1.54, 1.807) is 6.92 Å². The number of ether oxygens (including phenoxy) is 1. The number of carboxylic acids is 1. The SMILES string of the molecule is CC(NC(=O)OCC1c2ccccc2-c2ccccc21)C(=O)N1CC2(C)CC1(C(=O)O)C2. The van der Waals surface area contributed by atoms with Gasteiger partial charge in [-0.15, -0.1) is 0 Å². The molecule has 4 aliphatic rings. The van der Waals surface area contributed by atoms with Crippen LogP contribution in [0.2, 0.25) is 0 Å². The Morgan fingerprint density at radius 1 is 1.09 bits per heavy atom. The van der Waals surface area contributed by atoms with E-state index in [1.807, 2.05) is 43.3 Å². The molecule has 2 heterocycles. The fourth-order valence-electron chi connectivity index (χ4n) is 5.86. The molecule has 2 amide bonds. The standard InChI is InChI=1S/C25H26N2O5/c1-15(21(28)27-14-24(2)12-25(27,13-24)22(29)30)26-23(31)32-11-20-18-9-5-3-7-16(18)17-8-4-6-10-19(17)20/h3-10,15,20H,11-14H2,1-2H3,(H,26,31)(H,29,30). The van der Waals surface area contributed by atoms with Gasteiger partial charge in [-0.2, -0.15) is 0 Å². The highest BCUT2D eigenvalue weighted by molar-refractivity contribution is 5.93. The Bertz CT molecular complexity index is 1080. The number of amides is 2. The van der Waals surface area contributed by atoms with Gasteiger partial charge in [-0.05, 0) is 47.4 Å². The summed E-state index contributed by atoms with van der Waals surface area (Å²) in [4.78, 5) is 38.7. The number of fused-ring (bicyclic) bond motifs is 4. The van der Waals surface area contributed by atoms with Crippen LogP contribution in [0.5, 0.6) is 0 Å². The van der Waals surface area contributed by atoms with Crippen molar-refractivity contribution in [2.75, 3.05) is 13.2 Å². The van der Waals surface area contributed by atoms with Gasteiger partial charge in [0.15, 0.2) is 0 Å². The molecule has 1 saturated carbocycles. The number of nitrogens with one attached hydrogen (secondary N) is 1. The first kappa shape index (κ1) is 20.5. The molecule has 1 atom stereocenters. The quantitative estimate of drug-likeness (QED) is 0.752. The molecule has 2 aliphatic heterocycles. The molecule has 7 nitrogen and oxygen atoms in total. The number of nitrogens with zero attached hydrogens (tertiary/aromatic N) is 1. The number of alkyl carbamates (subject to hydrolysis) is 1. The maximum Gasteiger partial charge on any atom is 0.407 e. The fourth-order valence-corrected chi connectivity index (χ4v) is 5.86. The number of hydrogen-bond donors (Lipinski definition) is 2. The van der Waals surface area contributed by atoms with Crippen LogP contribution in [0.3, 0.4) is 0 Å². The van der Waals surface area contributed by atoms with Crippen molar-refractivity contribution in [2.24, 2.45) is 5.41 Å². The van der Waals surface area contributed by atoms with E-state index < -0.39 is 23.6 Å². The van der Waals surface area contributed by atoms with Crippen LogP contribution in [0.25, 0.3) is 11.1 Å². The van der Waals surface area contributed by atoms with Crippen molar-refractivity contribution in [1.82, 2.24) is 10.2 Å². The van der Waals surface area contributed by atoms with Crippen molar-refractivity contribution < 1.29 is 24.2 Å². The number of carbonyl (C=O) groups excluding carboxylic acids is 2. The Hall–Kier alpha value is -3.35. The Labute approximate surface area is 186 Å². The van der Waals surface area contributed by atoms with E-state index in [0.29, 0.717) is 19.4 Å². The van der Waals surface area contributed by atoms with Crippen LogP contribution in [0.4, 0.5) is 4.79 Å². The second kappa shape index (κ2) is 7.08. The number of carboxylic acid groups (broad SMARTS) is 1. The van der Waals surface area contributed by atoms with Crippen molar-refractivity contribution >= 4 is 18.0 Å². The van der Waals surface area contributed by atoms with Crippen molar-refractivity contribution in [1.29, 1.82) is 0 Å². The molecule has 1 unspecified atom stereocenters. The first-order valence-corrected chi connectivity index (χ1v) is 10.9. The molecule has 0 aromatic heterocycles. The minimum Gasteiger partial charge on any atom is -0.479 e. The van der Waals surface area contributed by atoms with Gasteiger partial charge in [-0.3, -0.25) is 4.79 Å². The lowest BCUT2D eigenvalue weighted by Crippen LogP contribution is -2.59. The summed E-state index contributed by atoms with van der Waals surface area (Å²) >= 11 is 0. The number of rotatable bonds is 5. The van der Waals surface area contributed by atoms with Crippen LogP contribution in [-0.4, -0.2) is 52.7 Å². The highest BCUT2D eigenvalue weighted by atomic mass is 16.5. The second-order valence-electron chi connectivity index (χ2n) is 9.62. The normalized spacial score (nSPS) is 26.0. The van der Waals surface area contributed by atoms with Crippen molar-refractivity contribution in [3.8, 4) is 11.1 Å². The third-order valence-corrected chi connectivity index (χ3v) is 7.21. The zero-order valence-electron chi connectivity index (χ0n) is 18.1. The lowest BCUT2D eigenvalue weighted by atomic mass is 9.63. The summed E-state index contributed by atoms with van der Waals surface area (Å²) in [5.41, 5.74) is 3.21. The van der Waals surface area contributed by atoms with Crippen LogP contribution in [0.15, 0.2) is 48.5 Å². The Morgan fingerprint density at radius 3 is 2.22 bits per heavy atom. The average molecular weight is 434 g/mol. The molecule has 2 N–H and O–H groups in total. The van der Waals surface area contributed by atoms with Crippen LogP contribution in [-0.2, 0) is 14.3 Å². The predicted octanol–water partition coefficient (Wildman–Crippen LogP) is 3.38. The van der Waals surface area contributed by atoms with E-state index in [1.165, 1.54) is 4.90 Å². The largest absolute Gasteiger partial charge is 0.479 e. The van der Waals surface area contributed by atoms with Crippen LogP contribution in [0.1, 0.15) is 43.7 Å². The zero-order valence-corrected chi connectivity index (χ0v) is 18.1. The molecule has 0 spiro atoms. The molecule has 0 radical (unpaired) electrons. The maximum atomic E-state index is 12.9. The van der Waals surface area contributed by atoms with Crippen LogP contribution >= 0.6 is 0 Å². The van der Waals surface area contributed by atoms with E-state index >= 15 is 0 Å². The monoisotopic (exact) mass is 434 g/mol. The maximum absolute atomic E-state index is 12.9. The van der Waals surface area contributed by atoms with Gasteiger partial charge in [0, 0.05) is 12.5 Å². The molecular weight excluding hydrogens is 408 g/mol. The number of hydrogen-bond acceptors (Lipinski definition) is 4. The Balaban J connectivity index is 1.23. The van der Waals surface area contributed by atoms with E-state index in [4.69, 9.17) is 4.74 Å². The van der Waals surface area contributed by atoms with Gasteiger partial charge in [-0.1, -0.05) is 55.5 Å². The first-order chi connectivity index (χ1) is 15.2. The molecule has 2 aliphatic carbocycles. The van der Waals surface area contributed by atoms with Crippen molar-refractivity contribution in [2.45, 2.75) is 44.2 Å². The number of aliphatic carboxylic acids is 1. The van der Waals surface area contributed by atoms with Gasteiger partial charge in [0.05, 0.1) is 0 Å². The lowest BCUT2D eigenvalue weighted by molar-refractivity contribution is -0.160. The summed E-state index contributed by atoms with van der Waals surface area (Å²) in [6, 6.07) is 15.3. The summed E-state index contributed by atoms with van der Waals surface area (Å²) in [6.07, 6.45) is 0.229. The molecule has 2 aromatic rings. The van der Waals surface area contributed by atoms with Gasteiger partial charge in [0.1, 0.15) is 18.2 Å². The first-order valence-electron chi connectivity index (χ1n) is 10.9. The number of benzene rings is 2. The van der Waals surface area contributed by atoms with Crippen molar-refractivity contribution in [3.05, 3.63) is 59.7 Å². The molecule has 166 valence electrons. The van der Waals surface area contributed by atoms with E-state index in [0.717, 1.165) is 22.3 Å². The highest BCUT2D eigenvalue weighted by Gasteiger charge is 2.68. The van der Waals surface area contributed by atoms with E-state index in [2.05, 4.69) is 17.4 Å². The zero-order chi connectivity index (χ0) is 22.7. The Morgan fingerprint density at radius 2 is 1.66 bits per heavy atom. The van der Waals surface area contributed by atoms with Crippen LogP contribution in [0, 0.1) is 5.41 Å². The minimum absolute atomic E-state index is 0.0693. The smallest absolute Gasteiger partial charge is 0.407 e. The molecule has 2 aromatic carbocycles. The van der Waals surface area contributed by atoms with Gasteiger partial charge >= 0.3 is 12.1 Å². The summed E-state index contributed by atoms with van der Waals surface area (Å²) in [7, 11) is 0. The molecule has 7 heteroatoms. The number of carbonyl (C=O) groups is 3. The highest BCUT2D eigenvalue weighted by Crippen LogP contribution is 2.59. The Kier molecular flexibility index (Phi) is 4.55. The average Bonchev–Trinajstić information content (AvgIpc) is 3.35. The minimum atomic E-state index is -1.14. The van der Waals surface area contributed by atoms with Gasteiger partial charge in [0.25, 0.3) is 0 Å².